The molecule has 4 saturated carbocycles. The van der Waals surface area contributed by atoms with Crippen molar-refractivity contribution in [1.82, 2.24) is 0 Å². The van der Waals surface area contributed by atoms with Gasteiger partial charge in [-0.05, 0) is 48.9 Å². The summed E-state index contributed by atoms with van der Waals surface area (Å²) in [5.74, 6) is 0.353. The van der Waals surface area contributed by atoms with Crippen LogP contribution in [0.15, 0.2) is 0 Å². The van der Waals surface area contributed by atoms with Crippen molar-refractivity contribution in [2.75, 3.05) is 0 Å². The topological polar surface area (TPSA) is 40.5 Å². The summed E-state index contributed by atoms with van der Waals surface area (Å²) in [6.45, 7) is 4.44. The van der Waals surface area contributed by atoms with Crippen molar-refractivity contribution < 1.29 is 10.2 Å². The number of aliphatic hydroxyl groups excluding tert-OH is 1. The first-order valence-electron chi connectivity index (χ1n) is 5.75. The molecule has 0 radical (unpaired) electrons. The van der Waals surface area contributed by atoms with Crippen LogP contribution >= 0.6 is 0 Å². The normalized spacial score (nSPS) is 66.0. The minimum Gasteiger partial charge on any atom is -0.392 e. The van der Waals surface area contributed by atoms with Gasteiger partial charge >= 0.3 is 0 Å². The Morgan fingerprint density at radius 2 is 1.79 bits per heavy atom. The van der Waals surface area contributed by atoms with E-state index in [1.54, 1.807) is 0 Å². The number of hydrogen-bond donors (Lipinski definition) is 2. The van der Waals surface area contributed by atoms with Crippen molar-refractivity contribution in [1.29, 1.82) is 0 Å². The van der Waals surface area contributed by atoms with E-state index in [0.717, 1.165) is 32.1 Å². The van der Waals surface area contributed by atoms with Crippen molar-refractivity contribution in [2.24, 2.45) is 16.7 Å². The van der Waals surface area contributed by atoms with Gasteiger partial charge in [0.05, 0.1) is 11.7 Å². The molecule has 5 atom stereocenters. The van der Waals surface area contributed by atoms with Crippen LogP contribution in [-0.2, 0) is 0 Å². The predicted octanol–water partition coefficient (Wildman–Crippen LogP) is 1.70. The minimum atomic E-state index is -0.454. The second-order valence-electron chi connectivity index (χ2n) is 6.83. The highest BCUT2D eigenvalue weighted by molar-refractivity contribution is 5.14. The highest BCUT2D eigenvalue weighted by Crippen LogP contribution is 2.66. The van der Waals surface area contributed by atoms with E-state index >= 15 is 0 Å². The Morgan fingerprint density at radius 3 is 2.36 bits per heavy atom. The molecule has 2 nitrogen and oxygen atoms in total. The molecule has 0 aromatic heterocycles. The molecule has 4 aliphatic rings. The Bertz CT molecular complexity index is 268. The molecule has 0 unspecified atom stereocenters. The van der Waals surface area contributed by atoms with Gasteiger partial charge in [-0.3, -0.25) is 0 Å². The lowest BCUT2D eigenvalue weighted by molar-refractivity contribution is -0.239. The van der Waals surface area contributed by atoms with Gasteiger partial charge in [0.25, 0.3) is 0 Å². The maximum Gasteiger partial charge on any atom is 0.0662 e. The molecule has 0 amide bonds. The molecule has 2 heteroatoms. The van der Waals surface area contributed by atoms with Crippen LogP contribution in [0.1, 0.15) is 46.0 Å². The molecule has 80 valence electrons. The van der Waals surface area contributed by atoms with Crippen molar-refractivity contribution in [3.8, 4) is 0 Å². The SMILES string of the molecule is C[C@]12C[C@@H]3C[C@](O)(C1)C[C@](C)(C2)[C@@H]3O. The fourth-order valence-electron chi connectivity index (χ4n) is 5.19. The van der Waals surface area contributed by atoms with Crippen LogP contribution in [0.5, 0.6) is 0 Å². The van der Waals surface area contributed by atoms with Crippen LogP contribution in [0.25, 0.3) is 0 Å². The molecular formula is C12H20O2. The zero-order valence-corrected chi connectivity index (χ0v) is 9.08. The highest BCUT2D eigenvalue weighted by atomic mass is 16.3. The third kappa shape index (κ3) is 0.989. The standard InChI is InChI=1S/C12H20O2/c1-10-3-8-4-12(14,6-10)7-11(2,5-10)9(8)13/h8-9,13-14H,3-7H2,1-2H3/t8-,9-,10-,11+,12+/m1/s1. The largest absolute Gasteiger partial charge is 0.392 e. The maximum absolute atomic E-state index is 10.4. The van der Waals surface area contributed by atoms with Gasteiger partial charge in [-0.15, -0.1) is 0 Å². The van der Waals surface area contributed by atoms with Gasteiger partial charge in [0.15, 0.2) is 0 Å². The Balaban J connectivity index is 2.06. The van der Waals surface area contributed by atoms with Crippen LogP contribution in [0.2, 0.25) is 0 Å². The quantitative estimate of drug-likeness (QED) is 0.619. The molecule has 4 aliphatic carbocycles. The molecule has 14 heavy (non-hydrogen) atoms. The van der Waals surface area contributed by atoms with E-state index in [2.05, 4.69) is 13.8 Å². The number of rotatable bonds is 0. The van der Waals surface area contributed by atoms with Gasteiger partial charge in [-0.1, -0.05) is 13.8 Å². The Morgan fingerprint density at radius 1 is 1.07 bits per heavy atom. The van der Waals surface area contributed by atoms with Gasteiger partial charge in [-0.25, -0.2) is 0 Å². The molecule has 4 rings (SSSR count). The fraction of sp³-hybridized carbons (Fsp3) is 1.00. The highest BCUT2D eigenvalue weighted by Gasteiger charge is 2.63. The van der Waals surface area contributed by atoms with Crippen molar-refractivity contribution in [3.63, 3.8) is 0 Å². The summed E-state index contributed by atoms with van der Waals surface area (Å²) in [7, 11) is 0. The summed E-state index contributed by atoms with van der Waals surface area (Å²) in [5, 5.41) is 20.6. The van der Waals surface area contributed by atoms with E-state index in [4.69, 9.17) is 0 Å². The number of aliphatic hydroxyl groups is 2. The predicted molar refractivity (Wildman–Crippen MR) is 53.7 cm³/mol. The molecule has 0 heterocycles. The van der Waals surface area contributed by atoms with E-state index in [-0.39, 0.29) is 11.5 Å². The van der Waals surface area contributed by atoms with Crippen LogP contribution in [0.4, 0.5) is 0 Å². The van der Waals surface area contributed by atoms with Crippen molar-refractivity contribution >= 4 is 0 Å². The fourth-order valence-corrected chi connectivity index (χ4v) is 5.19. The summed E-state index contributed by atoms with van der Waals surface area (Å²) in [5.41, 5.74) is -0.170. The molecule has 0 aliphatic heterocycles. The van der Waals surface area contributed by atoms with Crippen LogP contribution < -0.4 is 0 Å². The van der Waals surface area contributed by atoms with E-state index in [0.29, 0.717) is 11.3 Å². The molecule has 0 aromatic carbocycles. The molecule has 4 fully saturated rings. The lowest BCUT2D eigenvalue weighted by Gasteiger charge is -2.65. The van der Waals surface area contributed by atoms with Crippen LogP contribution in [-0.4, -0.2) is 21.9 Å². The summed E-state index contributed by atoms with van der Waals surface area (Å²) >= 11 is 0. The third-order valence-electron chi connectivity index (χ3n) is 4.88. The molecule has 0 spiro atoms. The monoisotopic (exact) mass is 196 g/mol. The van der Waals surface area contributed by atoms with Gasteiger partial charge in [0, 0.05) is 0 Å². The summed E-state index contributed by atoms with van der Waals surface area (Å²) < 4.78 is 0. The maximum atomic E-state index is 10.4. The zero-order valence-electron chi connectivity index (χ0n) is 9.08. The van der Waals surface area contributed by atoms with E-state index in [1.807, 2.05) is 0 Å². The smallest absolute Gasteiger partial charge is 0.0662 e. The minimum absolute atomic E-state index is 0.0110. The van der Waals surface area contributed by atoms with Crippen LogP contribution in [0.3, 0.4) is 0 Å². The average molecular weight is 196 g/mol. The second-order valence-corrected chi connectivity index (χ2v) is 6.83. The first kappa shape index (κ1) is 9.17. The lowest BCUT2D eigenvalue weighted by Crippen LogP contribution is -2.64. The number of hydrogen-bond acceptors (Lipinski definition) is 2. The second kappa shape index (κ2) is 2.19. The summed E-state index contributed by atoms with van der Waals surface area (Å²) in [6, 6.07) is 0. The molecular weight excluding hydrogens is 176 g/mol. The van der Waals surface area contributed by atoms with E-state index in [9.17, 15) is 10.2 Å². The molecule has 4 bridgehead atoms. The lowest BCUT2D eigenvalue weighted by atomic mass is 9.42. The molecule has 0 aromatic rings. The third-order valence-corrected chi connectivity index (χ3v) is 4.88. The zero-order chi connectivity index (χ0) is 10.2. The average Bonchev–Trinajstić information content (AvgIpc) is 1.94. The van der Waals surface area contributed by atoms with E-state index in [1.165, 1.54) is 0 Å². The summed E-state index contributed by atoms with van der Waals surface area (Å²) in [4.78, 5) is 0. The first-order chi connectivity index (χ1) is 6.34. The van der Waals surface area contributed by atoms with Crippen LogP contribution in [0, 0.1) is 16.7 Å². The Labute approximate surface area is 85.3 Å². The Kier molecular flexibility index (Phi) is 1.44. The van der Waals surface area contributed by atoms with Crippen molar-refractivity contribution in [2.45, 2.75) is 57.7 Å². The van der Waals surface area contributed by atoms with Gasteiger partial charge in [0.2, 0.25) is 0 Å². The van der Waals surface area contributed by atoms with Gasteiger partial charge in [0.1, 0.15) is 0 Å². The van der Waals surface area contributed by atoms with Gasteiger partial charge in [-0.2, -0.15) is 0 Å². The molecule has 0 saturated heterocycles. The summed E-state index contributed by atoms with van der Waals surface area (Å²) in [6.07, 6.45) is 4.65. The molecule has 2 N–H and O–H groups in total. The Hall–Kier alpha value is -0.0800. The van der Waals surface area contributed by atoms with Gasteiger partial charge < -0.3 is 10.2 Å². The van der Waals surface area contributed by atoms with Crippen molar-refractivity contribution in [3.05, 3.63) is 0 Å². The first-order valence-corrected chi connectivity index (χ1v) is 5.75. The van der Waals surface area contributed by atoms with E-state index < -0.39 is 5.60 Å².